The van der Waals surface area contributed by atoms with Gasteiger partial charge in [0.2, 0.25) is 0 Å². The van der Waals surface area contributed by atoms with Crippen LogP contribution < -0.4 is 0 Å². The van der Waals surface area contributed by atoms with Gasteiger partial charge in [-0.25, -0.2) is 0 Å². The molecule has 0 radical (unpaired) electrons. The Bertz CT molecular complexity index is 665. The van der Waals surface area contributed by atoms with Gasteiger partial charge in [0, 0.05) is 16.9 Å². The van der Waals surface area contributed by atoms with Crippen LogP contribution >= 0.6 is 0 Å². The third-order valence-electron chi connectivity index (χ3n) is 3.91. The van der Waals surface area contributed by atoms with E-state index in [2.05, 4.69) is 0 Å². The van der Waals surface area contributed by atoms with Crippen molar-refractivity contribution >= 4 is 16.6 Å². The second kappa shape index (κ2) is 9.50. The van der Waals surface area contributed by atoms with Gasteiger partial charge in [-0.15, -0.1) is 0 Å². The van der Waals surface area contributed by atoms with E-state index in [-0.39, 0.29) is 11.5 Å². The first kappa shape index (κ1) is 18.6. The Hall–Kier alpha value is -1.78. The highest BCUT2D eigenvalue weighted by Crippen LogP contribution is 2.13. The van der Waals surface area contributed by atoms with Crippen molar-refractivity contribution in [1.29, 1.82) is 0 Å². The molecule has 0 spiro atoms. The quantitative estimate of drug-likeness (QED) is 0.554. The molecule has 0 bridgehead atoms. The predicted octanol–water partition coefficient (Wildman–Crippen LogP) is 3.91. The van der Waals surface area contributed by atoms with Gasteiger partial charge in [0.05, 0.1) is 22.7 Å². The molecule has 4 heteroatoms. The Morgan fingerprint density at radius 3 is 2.38 bits per heavy atom. The molecule has 0 saturated heterocycles. The molecular formula is C20H24O3S. The van der Waals surface area contributed by atoms with Crippen molar-refractivity contribution in [2.75, 3.05) is 5.75 Å². The van der Waals surface area contributed by atoms with E-state index >= 15 is 0 Å². The molecule has 0 aliphatic heterocycles. The Labute approximate surface area is 146 Å². The first-order valence-electron chi connectivity index (χ1n) is 8.27. The lowest BCUT2D eigenvalue weighted by molar-refractivity contribution is 0.0976. The molecule has 0 aliphatic rings. The third kappa shape index (κ3) is 6.02. The smallest absolute Gasteiger partial charge is 0.162 e. The lowest BCUT2D eigenvalue weighted by Gasteiger charge is -2.10. The number of ketones is 1. The van der Waals surface area contributed by atoms with Crippen LogP contribution in [0.4, 0.5) is 0 Å². The maximum Gasteiger partial charge on any atom is 0.162 e. The van der Waals surface area contributed by atoms with Gasteiger partial charge >= 0.3 is 0 Å². The Morgan fingerprint density at radius 2 is 1.71 bits per heavy atom. The van der Waals surface area contributed by atoms with Crippen molar-refractivity contribution in [3.05, 3.63) is 65.7 Å². The van der Waals surface area contributed by atoms with Crippen LogP contribution in [0.1, 0.15) is 41.6 Å². The number of benzene rings is 2. The summed E-state index contributed by atoms with van der Waals surface area (Å²) in [5, 5.41) is 10.0. The van der Waals surface area contributed by atoms with Crippen LogP contribution in [-0.2, 0) is 10.8 Å². The number of carbonyl (C=O) groups is 1. The number of rotatable bonds is 9. The molecule has 128 valence electrons. The fraction of sp³-hybridized carbons (Fsp3) is 0.350. The highest BCUT2D eigenvalue weighted by atomic mass is 32.2. The van der Waals surface area contributed by atoms with Crippen molar-refractivity contribution in [2.24, 2.45) is 0 Å². The zero-order chi connectivity index (χ0) is 17.4. The number of aliphatic hydroxyl groups is 1. The van der Waals surface area contributed by atoms with E-state index in [9.17, 15) is 14.1 Å². The fourth-order valence-electron chi connectivity index (χ4n) is 2.48. The summed E-state index contributed by atoms with van der Waals surface area (Å²) in [5.41, 5.74) is 1.86. The van der Waals surface area contributed by atoms with E-state index in [1.165, 1.54) is 0 Å². The second-order valence-electron chi connectivity index (χ2n) is 6.01. The fourth-order valence-corrected chi connectivity index (χ4v) is 3.63. The van der Waals surface area contributed by atoms with Crippen molar-refractivity contribution in [3.63, 3.8) is 0 Å². The van der Waals surface area contributed by atoms with Gasteiger partial charge in [0.25, 0.3) is 0 Å². The first-order chi connectivity index (χ1) is 11.6. The van der Waals surface area contributed by atoms with Crippen LogP contribution in [0.25, 0.3) is 0 Å². The lowest BCUT2D eigenvalue weighted by Crippen LogP contribution is -2.16. The van der Waals surface area contributed by atoms with Crippen molar-refractivity contribution < 1.29 is 14.1 Å². The number of unbranched alkanes of at least 4 members (excludes halogenated alkanes) is 1. The molecule has 24 heavy (non-hydrogen) atoms. The minimum absolute atomic E-state index is 0.133. The molecule has 2 aromatic carbocycles. The van der Waals surface area contributed by atoms with Gasteiger partial charge in [0.1, 0.15) is 0 Å². The predicted molar refractivity (Wildman–Crippen MR) is 97.7 cm³/mol. The standard InChI is InChI=1S/C20H24O3S/c1-16-11-13-19(14-12-16)24(23)15-18(21)9-5-6-10-20(22)17-7-3-2-4-8-17/h2-4,7-8,11-14,18,21H,5-6,9-10,15H2,1H3/t18-,24+/m0/s1. The van der Waals surface area contributed by atoms with E-state index < -0.39 is 16.9 Å². The molecule has 2 aromatic rings. The van der Waals surface area contributed by atoms with Crippen molar-refractivity contribution in [1.82, 2.24) is 0 Å². The summed E-state index contributed by atoms with van der Waals surface area (Å²) in [4.78, 5) is 12.7. The van der Waals surface area contributed by atoms with E-state index in [4.69, 9.17) is 0 Å². The Balaban J connectivity index is 1.68. The summed E-state index contributed by atoms with van der Waals surface area (Å²) >= 11 is 0. The van der Waals surface area contributed by atoms with Gasteiger partial charge in [0.15, 0.2) is 5.78 Å². The first-order valence-corrected chi connectivity index (χ1v) is 9.59. The van der Waals surface area contributed by atoms with Crippen LogP contribution in [0, 0.1) is 6.92 Å². The summed E-state index contributed by atoms with van der Waals surface area (Å²) in [5.74, 6) is 0.378. The summed E-state index contributed by atoms with van der Waals surface area (Å²) in [7, 11) is -1.18. The minimum atomic E-state index is -1.18. The van der Waals surface area contributed by atoms with Crippen molar-refractivity contribution in [3.8, 4) is 0 Å². The third-order valence-corrected chi connectivity index (χ3v) is 5.40. The molecule has 1 N–H and O–H groups in total. The van der Waals surface area contributed by atoms with Crippen LogP contribution in [0.3, 0.4) is 0 Å². The molecule has 3 nitrogen and oxygen atoms in total. The van der Waals surface area contributed by atoms with Crippen LogP contribution in [0.5, 0.6) is 0 Å². The number of Topliss-reactive ketones (excluding diaryl/α,β-unsaturated/α-hetero) is 1. The molecule has 0 amide bonds. The number of aryl methyl sites for hydroxylation is 1. The normalized spacial score (nSPS) is 13.4. The molecule has 0 unspecified atom stereocenters. The maximum absolute atomic E-state index is 12.2. The summed E-state index contributed by atoms with van der Waals surface area (Å²) in [6.07, 6.45) is 1.95. The largest absolute Gasteiger partial charge is 0.392 e. The van der Waals surface area contributed by atoms with Gasteiger partial charge in [-0.05, 0) is 31.9 Å². The number of aliphatic hydroxyl groups excluding tert-OH is 1. The number of carbonyl (C=O) groups excluding carboxylic acids is 1. The average molecular weight is 344 g/mol. The lowest BCUT2D eigenvalue weighted by atomic mass is 10.0. The van der Waals surface area contributed by atoms with Crippen LogP contribution in [-0.4, -0.2) is 27.0 Å². The van der Waals surface area contributed by atoms with E-state index in [0.717, 1.165) is 28.9 Å². The minimum Gasteiger partial charge on any atom is -0.392 e. The molecule has 0 saturated carbocycles. The molecule has 2 atom stereocenters. The SMILES string of the molecule is Cc1ccc([S@](=O)C[C@@H](O)CCCCC(=O)c2ccccc2)cc1. The van der Waals surface area contributed by atoms with Crippen molar-refractivity contribution in [2.45, 2.75) is 43.6 Å². The average Bonchev–Trinajstić information content (AvgIpc) is 2.59. The van der Waals surface area contributed by atoms with E-state index in [0.29, 0.717) is 12.8 Å². The van der Waals surface area contributed by atoms with E-state index in [1.54, 1.807) is 0 Å². The zero-order valence-corrected chi connectivity index (χ0v) is 14.8. The van der Waals surface area contributed by atoms with Crippen LogP contribution in [0.15, 0.2) is 59.5 Å². The summed E-state index contributed by atoms with van der Waals surface area (Å²) in [6.45, 7) is 1.98. The van der Waals surface area contributed by atoms with Gasteiger partial charge in [-0.3, -0.25) is 9.00 Å². The van der Waals surface area contributed by atoms with Crippen LogP contribution in [0.2, 0.25) is 0 Å². The molecular weight excluding hydrogens is 320 g/mol. The molecule has 0 aromatic heterocycles. The summed E-state index contributed by atoms with van der Waals surface area (Å²) in [6, 6.07) is 16.8. The number of hydrogen-bond acceptors (Lipinski definition) is 3. The zero-order valence-electron chi connectivity index (χ0n) is 14.0. The molecule has 0 fully saturated rings. The topological polar surface area (TPSA) is 54.4 Å². The Morgan fingerprint density at radius 1 is 1.04 bits per heavy atom. The van der Waals surface area contributed by atoms with Gasteiger partial charge in [-0.1, -0.05) is 54.4 Å². The maximum atomic E-state index is 12.2. The van der Waals surface area contributed by atoms with Gasteiger partial charge in [-0.2, -0.15) is 0 Å². The van der Waals surface area contributed by atoms with E-state index in [1.807, 2.05) is 61.5 Å². The number of hydrogen-bond donors (Lipinski definition) is 1. The second-order valence-corrected chi connectivity index (χ2v) is 7.51. The van der Waals surface area contributed by atoms with Gasteiger partial charge < -0.3 is 5.11 Å². The molecule has 0 heterocycles. The summed E-state index contributed by atoms with van der Waals surface area (Å²) < 4.78 is 12.2. The highest BCUT2D eigenvalue weighted by Gasteiger charge is 2.12. The monoisotopic (exact) mass is 344 g/mol. The molecule has 0 aliphatic carbocycles. The molecule has 2 rings (SSSR count). The Kier molecular flexibility index (Phi) is 7.35. The highest BCUT2D eigenvalue weighted by molar-refractivity contribution is 7.85.